The average molecular weight is 611 g/mol. The van der Waals surface area contributed by atoms with E-state index in [-0.39, 0.29) is 0 Å². The fraction of sp³-hybridized carbons (Fsp3) is 0.111. The van der Waals surface area contributed by atoms with E-state index < -0.39 is 0 Å². The molecule has 1 fully saturated rings. The molecule has 1 heterocycles. The molecule has 0 amide bonds. The molecule has 6 aromatic carbocycles. The fourth-order valence-corrected chi connectivity index (χ4v) is 5.82. The summed E-state index contributed by atoms with van der Waals surface area (Å²) in [5.74, 6) is 0. The maximum absolute atomic E-state index is 5.74. The molecule has 0 saturated carbocycles. The van der Waals surface area contributed by atoms with Crippen molar-refractivity contribution in [3.05, 3.63) is 203 Å². The zero-order chi connectivity index (χ0) is 31.7. The summed E-state index contributed by atoms with van der Waals surface area (Å²) in [5.41, 5.74) is 13.3. The lowest BCUT2D eigenvalue weighted by molar-refractivity contribution is 0.119. The summed E-state index contributed by atoms with van der Waals surface area (Å²) in [5, 5.41) is 0. The molecule has 0 spiro atoms. The molecule has 0 aliphatic carbocycles. The van der Waals surface area contributed by atoms with E-state index in [4.69, 9.17) is 9.47 Å². The molecule has 2 heteroatoms. The molecule has 6 aromatic rings. The number of hydrogen-bond donors (Lipinski definition) is 0. The Kier molecular flexibility index (Phi) is 9.61. The van der Waals surface area contributed by atoms with Crippen molar-refractivity contribution in [3.8, 4) is 11.1 Å². The van der Waals surface area contributed by atoms with Crippen LogP contribution < -0.4 is 0 Å². The van der Waals surface area contributed by atoms with Gasteiger partial charge in [0.2, 0.25) is 0 Å². The summed E-state index contributed by atoms with van der Waals surface area (Å²) >= 11 is 0. The van der Waals surface area contributed by atoms with E-state index in [1.165, 1.54) is 61.2 Å². The van der Waals surface area contributed by atoms with Crippen molar-refractivity contribution in [2.45, 2.75) is 12.5 Å². The first-order chi connectivity index (χ1) is 23.3. The van der Waals surface area contributed by atoms with Crippen LogP contribution in [-0.4, -0.2) is 25.9 Å². The van der Waals surface area contributed by atoms with Gasteiger partial charge in [-0.25, -0.2) is 0 Å². The zero-order valence-corrected chi connectivity index (χ0v) is 26.5. The van der Waals surface area contributed by atoms with Crippen molar-refractivity contribution < 1.29 is 9.47 Å². The Morgan fingerprint density at radius 1 is 0.511 bits per heavy atom. The van der Waals surface area contributed by atoms with Crippen LogP contribution in [0.5, 0.6) is 0 Å². The van der Waals surface area contributed by atoms with Crippen molar-refractivity contribution in [1.29, 1.82) is 0 Å². The monoisotopic (exact) mass is 610 g/mol. The van der Waals surface area contributed by atoms with Gasteiger partial charge in [-0.15, -0.1) is 0 Å². The highest BCUT2D eigenvalue weighted by Crippen LogP contribution is 2.30. The van der Waals surface area contributed by atoms with Crippen molar-refractivity contribution in [1.82, 2.24) is 0 Å². The van der Waals surface area contributed by atoms with Crippen molar-refractivity contribution in [2.75, 3.05) is 19.8 Å². The van der Waals surface area contributed by atoms with Gasteiger partial charge in [0.25, 0.3) is 0 Å². The molecular weight excluding hydrogens is 572 g/mol. The standard InChI is InChI=1S/C45H38O2/c1-4-10-39(11-5-1)44(40-12-6-2-7-13-40)30-35-18-22-37(23-19-35)38-24-20-36(21-25-38)31-45(41-14-8-3-9-15-41)42-26-16-34(17-27-42)28-29-46-32-43-33-47-43/h1-27,30-31,43H,28-29,32-33H2/b45-31+. The first-order valence-electron chi connectivity index (χ1n) is 16.4. The molecule has 0 bridgehead atoms. The zero-order valence-electron chi connectivity index (χ0n) is 26.5. The Hall–Kier alpha value is -5.28. The summed E-state index contributed by atoms with van der Waals surface area (Å²) in [6.07, 6.45) is 5.78. The van der Waals surface area contributed by atoms with Gasteiger partial charge in [0.15, 0.2) is 0 Å². The Labute approximate surface area is 278 Å². The quantitative estimate of drug-likeness (QED) is 0.0781. The second kappa shape index (κ2) is 14.9. The van der Waals surface area contributed by atoms with Crippen molar-refractivity contribution in [2.24, 2.45) is 0 Å². The molecule has 0 radical (unpaired) electrons. The molecule has 0 N–H and O–H groups in total. The summed E-state index contributed by atoms with van der Waals surface area (Å²) < 4.78 is 11.0. The lowest BCUT2D eigenvalue weighted by Crippen LogP contribution is -2.04. The first-order valence-corrected chi connectivity index (χ1v) is 16.4. The van der Waals surface area contributed by atoms with Gasteiger partial charge in [0, 0.05) is 0 Å². The van der Waals surface area contributed by atoms with Crippen LogP contribution in [0.3, 0.4) is 0 Å². The Bertz CT molecular complexity index is 1880. The smallest absolute Gasteiger partial charge is 0.104 e. The molecule has 1 atom stereocenters. The molecule has 47 heavy (non-hydrogen) atoms. The minimum absolute atomic E-state index is 0.312. The number of epoxide rings is 1. The van der Waals surface area contributed by atoms with Gasteiger partial charge in [-0.3, -0.25) is 0 Å². The normalized spacial score (nSPS) is 14.0. The number of ether oxygens (including phenoxy) is 2. The van der Waals surface area contributed by atoms with Crippen LogP contribution in [0.25, 0.3) is 34.4 Å². The van der Waals surface area contributed by atoms with Crippen molar-refractivity contribution in [3.63, 3.8) is 0 Å². The topological polar surface area (TPSA) is 21.8 Å². The van der Waals surface area contributed by atoms with Crippen LogP contribution in [0.1, 0.15) is 38.9 Å². The summed E-state index contributed by atoms with van der Waals surface area (Å²) in [6.45, 7) is 2.25. The van der Waals surface area contributed by atoms with Crippen LogP contribution >= 0.6 is 0 Å². The second-order valence-corrected chi connectivity index (χ2v) is 11.9. The van der Waals surface area contributed by atoms with Crippen molar-refractivity contribution >= 4 is 23.3 Å². The molecule has 2 nitrogen and oxygen atoms in total. The maximum Gasteiger partial charge on any atom is 0.104 e. The van der Waals surface area contributed by atoms with E-state index in [9.17, 15) is 0 Å². The van der Waals surface area contributed by atoms with Crippen LogP contribution in [0.2, 0.25) is 0 Å². The Morgan fingerprint density at radius 2 is 0.915 bits per heavy atom. The third-order valence-electron chi connectivity index (χ3n) is 8.54. The van der Waals surface area contributed by atoms with Gasteiger partial charge < -0.3 is 9.47 Å². The molecule has 1 aliphatic heterocycles. The molecule has 230 valence electrons. The van der Waals surface area contributed by atoms with Gasteiger partial charge >= 0.3 is 0 Å². The molecule has 7 rings (SSSR count). The Balaban J connectivity index is 1.09. The van der Waals surface area contributed by atoms with Crippen LogP contribution in [0.4, 0.5) is 0 Å². The largest absolute Gasteiger partial charge is 0.378 e. The summed E-state index contributed by atoms with van der Waals surface area (Å²) in [6, 6.07) is 58.4. The van der Waals surface area contributed by atoms with Crippen LogP contribution in [-0.2, 0) is 15.9 Å². The van der Waals surface area contributed by atoms with Crippen LogP contribution in [0.15, 0.2) is 164 Å². The lowest BCUT2D eigenvalue weighted by Gasteiger charge is -2.11. The average Bonchev–Trinajstić information content (AvgIpc) is 3.98. The first kappa shape index (κ1) is 30.4. The minimum Gasteiger partial charge on any atom is -0.378 e. The van der Waals surface area contributed by atoms with E-state index >= 15 is 0 Å². The molecule has 1 aliphatic rings. The summed E-state index contributed by atoms with van der Waals surface area (Å²) in [7, 11) is 0. The molecule has 0 aromatic heterocycles. The van der Waals surface area contributed by atoms with Gasteiger partial charge in [0.1, 0.15) is 6.10 Å². The molecule has 1 saturated heterocycles. The van der Waals surface area contributed by atoms with Gasteiger partial charge in [-0.1, -0.05) is 164 Å². The number of hydrogen-bond acceptors (Lipinski definition) is 2. The predicted octanol–water partition coefficient (Wildman–Crippen LogP) is 10.5. The van der Waals surface area contributed by atoms with E-state index in [1.807, 2.05) is 0 Å². The number of rotatable bonds is 12. The highest BCUT2D eigenvalue weighted by atomic mass is 16.6. The van der Waals surface area contributed by atoms with E-state index in [0.29, 0.717) is 12.7 Å². The predicted molar refractivity (Wildman–Crippen MR) is 196 cm³/mol. The van der Waals surface area contributed by atoms with E-state index in [1.54, 1.807) is 0 Å². The highest BCUT2D eigenvalue weighted by Gasteiger charge is 2.22. The third-order valence-corrected chi connectivity index (χ3v) is 8.54. The van der Waals surface area contributed by atoms with Gasteiger partial charge in [-0.05, 0) is 79.8 Å². The van der Waals surface area contributed by atoms with E-state index in [0.717, 1.165) is 19.6 Å². The summed E-state index contributed by atoms with van der Waals surface area (Å²) in [4.78, 5) is 0. The minimum atomic E-state index is 0.312. The Morgan fingerprint density at radius 3 is 1.32 bits per heavy atom. The fourth-order valence-electron chi connectivity index (χ4n) is 5.82. The highest BCUT2D eigenvalue weighted by molar-refractivity contribution is 5.92. The van der Waals surface area contributed by atoms with E-state index in [2.05, 4.69) is 176 Å². The number of benzene rings is 6. The SMILES string of the molecule is C(=C(c1ccccc1)c1ccccc1)c1ccc(-c2ccc(/C=C(\c3ccccc3)c3ccc(CCOCC4CO4)cc3)cc2)cc1. The maximum atomic E-state index is 5.74. The van der Waals surface area contributed by atoms with Crippen LogP contribution in [0, 0.1) is 0 Å². The third kappa shape index (κ3) is 8.12. The lowest BCUT2D eigenvalue weighted by atomic mass is 9.94. The molecule has 1 unspecified atom stereocenters. The van der Waals surface area contributed by atoms with Gasteiger partial charge in [-0.2, -0.15) is 0 Å². The van der Waals surface area contributed by atoms with Gasteiger partial charge in [0.05, 0.1) is 19.8 Å². The molecular formula is C45H38O2. The second-order valence-electron chi connectivity index (χ2n) is 11.9.